The number of rotatable bonds is 2. The summed E-state index contributed by atoms with van der Waals surface area (Å²) >= 11 is 0. The summed E-state index contributed by atoms with van der Waals surface area (Å²) in [5, 5.41) is 0.770. The second-order valence-electron chi connectivity index (χ2n) is 5.78. The summed E-state index contributed by atoms with van der Waals surface area (Å²) < 4.78 is 0. The molecule has 0 saturated carbocycles. The molecule has 0 radical (unpaired) electrons. The fourth-order valence-corrected chi connectivity index (χ4v) is 2.91. The van der Waals surface area contributed by atoms with E-state index >= 15 is 0 Å². The second-order valence-corrected chi connectivity index (χ2v) is 5.78. The molecule has 3 heterocycles. The molecule has 6 nitrogen and oxygen atoms in total. The number of nitrogens with zero attached hydrogens (tertiary/aromatic N) is 3. The van der Waals surface area contributed by atoms with Crippen LogP contribution in [0.3, 0.4) is 0 Å². The highest BCUT2D eigenvalue weighted by atomic mass is 16.2. The molecule has 22 heavy (non-hydrogen) atoms. The van der Waals surface area contributed by atoms with Crippen LogP contribution in [-0.4, -0.2) is 58.4 Å². The van der Waals surface area contributed by atoms with Gasteiger partial charge in [-0.25, -0.2) is 4.98 Å². The number of nitrogens with one attached hydrogen (secondary N) is 1. The van der Waals surface area contributed by atoms with E-state index in [-0.39, 0.29) is 11.5 Å². The Bertz CT molecular complexity index is 755. The maximum absolute atomic E-state index is 12.7. The number of carbonyl (C=O) groups excluding carboxylic acids is 1. The molecule has 1 fully saturated rings. The zero-order chi connectivity index (χ0) is 15.7. The van der Waals surface area contributed by atoms with Crippen molar-refractivity contribution in [3.8, 4) is 0 Å². The highest BCUT2D eigenvalue weighted by Gasteiger charge is 2.26. The van der Waals surface area contributed by atoms with Gasteiger partial charge in [0.05, 0.1) is 5.56 Å². The molecule has 1 N–H and O–H groups in total. The Morgan fingerprint density at radius 1 is 1.41 bits per heavy atom. The first-order chi connectivity index (χ1) is 10.6. The van der Waals surface area contributed by atoms with E-state index < -0.39 is 0 Å². The lowest BCUT2D eigenvalue weighted by Crippen LogP contribution is -2.52. The lowest BCUT2D eigenvalue weighted by atomic mass is 10.1. The first-order valence-corrected chi connectivity index (χ1v) is 7.57. The third kappa shape index (κ3) is 2.74. The number of likely N-dealkylation sites (N-methyl/N-ethyl adjacent to an activating group) is 1. The molecule has 1 amide bonds. The quantitative estimate of drug-likeness (QED) is 0.901. The molecule has 2 aromatic heterocycles. The number of hydrogen-bond donors (Lipinski definition) is 1. The molecule has 116 valence electrons. The third-order valence-electron chi connectivity index (χ3n) is 4.36. The number of piperazine rings is 1. The van der Waals surface area contributed by atoms with Gasteiger partial charge in [0.15, 0.2) is 0 Å². The topological polar surface area (TPSA) is 69.3 Å². The van der Waals surface area contributed by atoms with E-state index in [1.165, 1.54) is 6.07 Å². The highest BCUT2D eigenvalue weighted by Crippen LogP contribution is 2.16. The SMILES string of the molecule is CCC1CN(C(=O)c2cnc3[nH]c(=O)ccc3c2)CCN1C. The largest absolute Gasteiger partial charge is 0.336 e. The van der Waals surface area contributed by atoms with Crippen LogP contribution in [-0.2, 0) is 0 Å². The Labute approximate surface area is 128 Å². The molecule has 1 aliphatic rings. The number of pyridine rings is 2. The first-order valence-electron chi connectivity index (χ1n) is 7.57. The van der Waals surface area contributed by atoms with Gasteiger partial charge in [-0.2, -0.15) is 0 Å². The van der Waals surface area contributed by atoms with Crippen molar-refractivity contribution < 1.29 is 4.79 Å². The van der Waals surface area contributed by atoms with Crippen LogP contribution in [0.1, 0.15) is 23.7 Å². The van der Waals surface area contributed by atoms with E-state index in [0.29, 0.717) is 17.3 Å². The molecule has 1 saturated heterocycles. The Morgan fingerprint density at radius 2 is 2.23 bits per heavy atom. The van der Waals surface area contributed by atoms with Crippen molar-refractivity contribution in [1.29, 1.82) is 0 Å². The zero-order valence-electron chi connectivity index (χ0n) is 12.9. The van der Waals surface area contributed by atoms with Crippen molar-refractivity contribution in [3.05, 3.63) is 40.3 Å². The molecular weight excluding hydrogens is 280 g/mol. The van der Waals surface area contributed by atoms with Crippen LogP contribution in [0, 0.1) is 0 Å². The molecule has 0 aliphatic carbocycles. The van der Waals surface area contributed by atoms with Crippen molar-refractivity contribution in [2.24, 2.45) is 0 Å². The van der Waals surface area contributed by atoms with Gasteiger partial charge in [0.2, 0.25) is 5.56 Å². The van der Waals surface area contributed by atoms with E-state index in [0.717, 1.165) is 31.4 Å². The van der Waals surface area contributed by atoms with Crippen LogP contribution in [0.5, 0.6) is 0 Å². The molecule has 2 aromatic rings. The van der Waals surface area contributed by atoms with Crippen LogP contribution < -0.4 is 5.56 Å². The number of aromatic amines is 1. The fraction of sp³-hybridized carbons (Fsp3) is 0.438. The Morgan fingerprint density at radius 3 is 3.00 bits per heavy atom. The summed E-state index contributed by atoms with van der Waals surface area (Å²) in [4.78, 5) is 35.0. The van der Waals surface area contributed by atoms with Crippen LogP contribution in [0.25, 0.3) is 11.0 Å². The number of amides is 1. The monoisotopic (exact) mass is 300 g/mol. The summed E-state index contributed by atoms with van der Waals surface area (Å²) in [7, 11) is 2.10. The molecule has 1 atom stereocenters. The summed E-state index contributed by atoms with van der Waals surface area (Å²) in [5.41, 5.74) is 0.886. The van der Waals surface area contributed by atoms with Gasteiger partial charge in [-0.3, -0.25) is 14.5 Å². The molecule has 6 heteroatoms. The normalized spacial score (nSPS) is 19.5. The van der Waals surface area contributed by atoms with Gasteiger partial charge in [-0.1, -0.05) is 6.92 Å². The van der Waals surface area contributed by atoms with E-state index in [9.17, 15) is 9.59 Å². The Balaban J connectivity index is 1.85. The summed E-state index contributed by atoms with van der Waals surface area (Å²) in [5.74, 6) is 0.00662. The zero-order valence-corrected chi connectivity index (χ0v) is 12.9. The van der Waals surface area contributed by atoms with E-state index in [1.807, 2.05) is 4.90 Å². The average molecular weight is 300 g/mol. The highest BCUT2D eigenvalue weighted by molar-refractivity contribution is 5.96. The van der Waals surface area contributed by atoms with Gasteiger partial charge in [-0.15, -0.1) is 0 Å². The maximum atomic E-state index is 12.7. The minimum absolute atomic E-state index is 0.00662. The summed E-state index contributed by atoms with van der Waals surface area (Å²) in [6.45, 7) is 4.51. The number of carbonyl (C=O) groups is 1. The molecule has 0 spiro atoms. The van der Waals surface area contributed by atoms with Crippen molar-refractivity contribution >= 4 is 16.9 Å². The van der Waals surface area contributed by atoms with Crippen molar-refractivity contribution in [3.63, 3.8) is 0 Å². The summed E-state index contributed by atoms with van der Waals surface area (Å²) in [6.07, 6.45) is 2.57. The lowest BCUT2D eigenvalue weighted by Gasteiger charge is -2.39. The molecular formula is C16H20N4O2. The van der Waals surface area contributed by atoms with E-state index in [1.54, 1.807) is 18.3 Å². The molecule has 0 aromatic carbocycles. The van der Waals surface area contributed by atoms with Gasteiger partial charge in [-0.05, 0) is 25.6 Å². The van der Waals surface area contributed by atoms with Crippen LogP contribution in [0.4, 0.5) is 0 Å². The molecule has 1 aliphatic heterocycles. The predicted octanol–water partition coefficient (Wildman–Crippen LogP) is 1.09. The molecule has 0 bridgehead atoms. The van der Waals surface area contributed by atoms with Crippen LogP contribution >= 0.6 is 0 Å². The van der Waals surface area contributed by atoms with Gasteiger partial charge in [0.25, 0.3) is 5.91 Å². The van der Waals surface area contributed by atoms with E-state index in [2.05, 4.69) is 28.8 Å². The third-order valence-corrected chi connectivity index (χ3v) is 4.36. The molecule has 1 unspecified atom stereocenters. The van der Waals surface area contributed by atoms with Crippen molar-refractivity contribution in [2.45, 2.75) is 19.4 Å². The summed E-state index contributed by atoms with van der Waals surface area (Å²) in [6, 6.07) is 5.33. The van der Waals surface area contributed by atoms with Gasteiger partial charge >= 0.3 is 0 Å². The number of hydrogen-bond acceptors (Lipinski definition) is 4. The van der Waals surface area contributed by atoms with E-state index in [4.69, 9.17) is 0 Å². The fourth-order valence-electron chi connectivity index (χ4n) is 2.91. The van der Waals surface area contributed by atoms with Gasteiger partial charge in [0, 0.05) is 43.3 Å². The standard InChI is InChI=1S/C16H20N4O2/c1-3-13-10-20(7-6-19(13)2)16(22)12-8-11-4-5-14(21)18-15(11)17-9-12/h4-5,8-9,13H,3,6-7,10H2,1-2H3,(H,17,18,21). The Kier molecular flexibility index (Phi) is 3.94. The lowest BCUT2D eigenvalue weighted by molar-refractivity contribution is 0.0541. The second kappa shape index (κ2) is 5.88. The average Bonchev–Trinajstić information content (AvgIpc) is 2.54. The first kappa shape index (κ1) is 14.7. The number of H-pyrrole nitrogens is 1. The van der Waals surface area contributed by atoms with Crippen molar-refractivity contribution in [1.82, 2.24) is 19.8 Å². The smallest absolute Gasteiger partial charge is 0.255 e. The Hall–Kier alpha value is -2.21. The van der Waals surface area contributed by atoms with Crippen molar-refractivity contribution in [2.75, 3.05) is 26.7 Å². The predicted molar refractivity (Wildman–Crippen MR) is 85.0 cm³/mol. The maximum Gasteiger partial charge on any atom is 0.255 e. The minimum atomic E-state index is -0.191. The van der Waals surface area contributed by atoms with Crippen LogP contribution in [0.2, 0.25) is 0 Å². The van der Waals surface area contributed by atoms with Crippen LogP contribution in [0.15, 0.2) is 29.2 Å². The minimum Gasteiger partial charge on any atom is -0.336 e. The van der Waals surface area contributed by atoms with Gasteiger partial charge in [0.1, 0.15) is 5.65 Å². The van der Waals surface area contributed by atoms with Gasteiger partial charge < -0.3 is 9.88 Å². The number of fused-ring (bicyclic) bond motifs is 1. The molecule has 3 rings (SSSR count). The number of aromatic nitrogens is 2.